The third-order valence-corrected chi connectivity index (χ3v) is 3.77. The lowest BCUT2D eigenvalue weighted by Gasteiger charge is -2.14. The number of rotatable bonds is 7. The van der Waals surface area contributed by atoms with Crippen LogP contribution < -0.4 is 15.4 Å². The molecule has 0 saturated heterocycles. The molecule has 0 fully saturated rings. The zero-order chi connectivity index (χ0) is 19.7. The summed E-state index contributed by atoms with van der Waals surface area (Å²) < 4.78 is 44.8. The second kappa shape index (κ2) is 9.80. The van der Waals surface area contributed by atoms with Gasteiger partial charge in [0.2, 0.25) is 0 Å². The van der Waals surface area contributed by atoms with E-state index in [9.17, 15) is 13.2 Å². The summed E-state index contributed by atoms with van der Waals surface area (Å²) >= 11 is 0. The standard InChI is InChI=1S/C19H23F3N4O/c1-3-23-18(25-11-9-15-6-4-5-10-24-15)26-13-14-7-8-16(27-2)12-17(14)19(20,21)22/h4-8,10,12H,3,9,11,13H2,1-2H3,(H2,23,25,26). The van der Waals surface area contributed by atoms with Gasteiger partial charge in [0.25, 0.3) is 0 Å². The molecule has 0 amide bonds. The fourth-order valence-corrected chi connectivity index (χ4v) is 2.45. The number of guanidine groups is 1. The molecule has 8 heteroatoms. The summed E-state index contributed by atoms with van der Waals surface area (Å²) in [5.41, 5.74) is 0.274. The summed E-state index contributed by atoms with van der Waals surface area (Å²) in [4.78, 5) is 8.51. The number of ether oxygens (including phenoxy) is 1. The number of pyridine rings is 1. The molecule has 0 saturated carbocycles. The highest BCUT2D eigenvalue weighted by Gasteiger charge is 2.33. The Labute approximate surface area is 156 Å². The first-order chi connectivity index (χ1) is 12.9. The summed E-state index contributed by atoms with van der Waals surface area (Å²) in [6.45, 7) is 2.96. The first-order valence-electron chi connectivity index (χ1n) is 8.60. The molecule has 1 heterocycles. The van der Waals surface area contributed by atoms with Gasteiger partial charge in [-0.25, -0.2) is 4.99 Å². The maximum absolute atomic E-state index is 13.3. The first kappa shape index (κ1) is 20.5. The van der Waals surface area contributed by atoms with Crippen molar-refractivity contribution >= 4 is 5.96 Å². The summed E-state index contributed by atoms with van der Waals surface area (Å²) in [6.07, 6.45) is -2.07. The molecule has 2 rings (SSSR count). The summed E-state index contributed by atoms with van der Waals surface area (Å²) in [5.74, 6) is 0.618. The van der Waals surface area contributed by atoms with Gasteiger partial charge in [-0.1, -0.05) is 12.1 Å². The van der Waals surface area contributed by atoms with Gasteiger partial charge in [0.1, 0.15) is 5.75 Å². The van der Waals surface area contributed by atoms with Crippen molar-refractivity contribution < 1.29 is 17.9 Å². The molecule has 0 radical (unpaired) electrons. The van der Waals surface area contributed by atoms with Gasteiger partial charge in [-0.15, -0.1) is 0 Å². The van der Waals surface area contributed by atoms with Gasteiger partial charge < -0.3 is 15.4 Å². The normalized spacial score (nSPS) is 12.0. The average molecular weight is 380 g/mol. The Hall–Kier alpha value is -2.77. The maximum Gasteiger partial charge on any atom is 0.416 e. The van der Waals surface area contributed by atoms with Crippen LogP contribution in [0.2, 0.25) is 0 Å². The predicted octanol–water partition coefficient (Wildman–Crippen LogP) is 3.41. The average Bonchev–Trinajstić information content (AvgIpc) is 2.66. The van der Waals surface area contributed by atoms with Crippen molar-refractivity contribution in [2.45, 2.75) is 26.1 Å². The minimum atomic E-state index is -4.47. The molecule has 5 nitrogen and oxygen atoms in total. The van der Waals surface area contributed by atoms with Crippen LogP contribution in [0, 0.1) is 0 Å². The summed E-state index contributed by atoms with van der Waals surface area (Å²) in [5, 5.41) is 6.15. The monoisotopic (exact) mass is 380 g/mol. The van der Waals surface area contributed by atoms with Crippen LogP contribution in [-0.2, 0) is 19.1 Å². The summed E-state index contributed by atoms with van der Waals surface area (Å²) in [7, 11) is 1.34. The van der Waals surface area contributed by atoms with Gasteiger partial charge in [0, 0.05) is 31.4 Å². The minimum Gasteiger partial charge on any atom is -0.497 e. The highest BCUT2D eigenvalue weighted by Crippen LogP contribution is 2.34. The highest BCUT2D eigenvalue weighted by atomic mass is 19.4. The van der Waals surface area contributed by atoms with Crippen molar-refractivity contribution in [3.05, 3.63) is 59.4 Å². The highest BCUT2D eigenvalue weighted by molar-refractivity contribution is 5.79. The van der Waals surface area contributed by atoms with E-state index < -0.39 is 11.7 Å². The molecular formula is C19H23F3N4O. The van der Waals surface area contributed by atoms with Crippen molar-refractivity contribution in [1.29, 1.82) is 0 Å². The molecular weight excluding hydrogens is 357 g/mol. The predicted molar refractivity (Wildman–Crippen MR) is 98.8 cm³/mol. The van der Waals surface area contributed by atoms with Gasteiger partial charge in [-0.3, -0.25) is 4.98 Å². The largest absolute Gasteiger partial charge is 0.497 e. The van der Waals surface area contributed by atoms with Crippen LogP contribution in [0.5, 0.6) is 5.75 Å². The molecule has 1 aromatic carbocycles. The molecule has 0 spiro atoms. The minimum absolute atomic E-state index is 0.0882. The first-order valence-corrected chi connectivity index (χ1v) is 8.60. The van der Waals surface area contributed by atoms with E-state index in [1.807, 2.05) is 25.1 Å². The molecule has 0 atom stereocenters. The molecule has 27 heavy (non-hydrogen) atoms. The molecule has 2 N–H and O–H groups in total. The van der Waals surface area contributed by atoms with E-state index in [1.54, 1.807) is 6.20 Å². The van der Waals surface area contributed by atoms with Crippen LogP contribution in [0.15, 0.2) is 47.6 Å². The molecule has 0 aliphatic heterocycles. The lowest BCUT2D eigenvalue weighted by molar-refractivity contribution is -0.138. The number of benzene rings is 1. The quantitative estimate of drug-likeness (QED) is 0.571. The number of alkyl halides is 3. The molecule has 1 aromatic heterocycles. The van der Waals surface area contributed by atoms with E-state index in [2.05, 4.69) is 20.6 Å². The zero-order valence-electron chi connectivity index (χ0n) is 15.3. The molecule has 0 aliphatic carbocycles. The van der Waals surface area contributed by atoms with E-state index in [0.29, 0.717) is 25.5 Å². The Morgan fingerprint density at radius 1 is 1.19 bits per heavy atom. The third-order valence-electron chi connectivity index (χ3n) is 3.77. The van der Waals surface area contributed by atoms with Crippen molar-refractivity contribution in [3.8, 4) is 5.75 Å². The second-order valence-electron chi connectivity index (χ2n) is 5.71. The lowest BCUT2D eigenvalue weighted by Crippen LogP contribution is -2.38. The third kappa shape index (κ3) is 6.47. The van der Waals surface area contributed by atoms with Crippen LogP contribution >= 0.6 is 0 Å². The summed E-state index contributed by atoms with van der Waals surface area (Å²) in [6, 6.07) is 9.55. The number of nitrogens with zero attached hydrogens (tertiary/aromatic N) is 2. The number of halogens is 3. The van der Waals surface area contributed by atoms with Gasteiger partial charge in [0.05, 0.1) is 19.2 Å². The van der Waals surface area contributed by atoms with Gasteiger partial charge >= 0.3 is 6.18 Å². The Morgan fingerprint density at radius 2 is 2.00 bits per heavy atom. The van der Waals surface area contributed by atoms with E-state index >= 15 is 0 Å². The van der Waals surface area contributed by atoms with E-state index in [-0.39, 0.29) is 17.9 Å². The molecule has 146 valence electrons. The number of hydrogen-bond donors (Lipinski definition) is 2. The second-order valence-corrected chi connectivity index (χ2v) is 5.71. The van der Waals surface area contributed by atoms with Crippen LogP contribution in [0.3, 0.4) is 0 Å². The molecule has 2 aromatic rings. The number of nitrogens with one attached hydrogen (secondary N) is 2. The Kier molecular flexibility index (Phi) is 7.45. The fourth-order valence-electron chi connectivity index (χ4n) is 2.45. The van der Waals surface area contributed by atoms with Crippen LogP contribution in [0.4, 0.5) is 13.2 Å². The topological polar surface area (TPSA) is 58.5 Å². The van der Waals surface area contributed by atoms with E-state index in [4.69, 9.17) is 4.74 Å². The van der Waals surface area contributed by atoms with E-state index in [1.165, 1.54) is 19.2 Å². The van der Waals surface area contributed by atoms with Crippen molar-refractivity contribution in [3.63, 3.8) is 0 Å². The molecule has 0 bridgehead atoms. The molecule has 0 aliphatic rings. The lowest BCUT2D eigenvalue weighted by atomic mass is 10.1. The van der Waals surface area contributed by atoms with Crippen molar-refractivity contribution in [2.75, 3.05) is 20.2 Å². The van der Waals surface area contributed by atoms with Crippen LogP contribution in [0.25, 0.3) is 0 Å². The Morgan fingerprint density at radius 3 is 2.63 bits per heavy atom. The number of hydrogen-bond acceptors (Lipinski definition) is 3. The smallest absolute Gasteiger partial charge is 0.416 e. The Bertz CT molecular complexity index is 748. The van der Waals surface area contributed by atoms with Gasteiger partial charge in [0.15, 0.2) is 5.96 Å². The number of aromatic nitrogens is 1. The maximum atomic E-state index is 13.3. The number of aliphatic imine (C=N–C) groups is 1. The van der Waals surface area contributed by atoms with Gasteiger partial charge in [-0.2, -0.15) is 13.2 Å². The fraction of sp³-hybridized carbons (Fsp3) is 0.368. The molecule has 0 unspecified atom stereocenters. The zero-order valence-corrected chi connectivity index (χ0v) is 15.3. The SMILES string of the molecule is CCNC(=NCc1ccc(OC)cc1C(F)(F)F)NCCc1ccccn1. The Balaban J connectivity index is 2.07. The van der Waals surface area contributed by atoms with E-state index in [0.717, 1.165) is 11.8 Å². The van der Waals surface area contributed by atoms with Crippen LogP contribution in [-0.4, -0.2) is 31.1 Å². The van der Waals surface area contributed by atoms with Crippen molar-refractivity contribution in [1.82, 2.24) is 15.6 Å². The van der Waals surface area contributed by atoms with Crippen molar-refractivity contribution in [2.24, 2.45) is 4.99 Å². The van der Waals surface area contributed by atoms with Gasteiger partial charge in [-0.05, 0) is 36.8 Å². The van der Waals surface area contributed by atoms with Crippen LogP contribution in [0.1, 0.15) is 23.7 Å². The number of methoxy groups -OCH3 is 1.